The largest absolute Gasteiger partial charge is 0.468 e. The highest BCUT2D eigenvalue weighted by atomic mass is 16.5. The third-order valence-corrected chi connectivity index (χ3v) is 2.34. The molecule has 5 heteroatoms. The van der Waals surface area contributed by atoms with E-state index in [1.54, 1.807) is 6.92 Å². The first-order chi connectivity index (χ1) is 6.99. The predicted molar refractivity (Wildman–Crippen MR) is 52.0 cm³/mol. The highest BCUT2D eigenvalue weighted by Crippen LogP contribution is 2.18. The van der Waals surface area contributed by atoms with Gasteiger partial charge in [-0.2, -0.15) is 0 Å². The van der Waals surface area contributed by atoms with Gasteiger partial charge < -0.3 is 9.47 Å². The van der Waals surface area contributed by atoms with Crippen molar-refractivity contribution >= 4 is 17.7 Å². The molecule has 0 aromatic heterocycles. The number of hydrogen-bond donors (Lipinski definition) is 0. The van der Waals surface area contributed by atoms with Crippen molar-refractivity contribution in [3.05, 3.63) is 0 Å². The molecule has 86 valence electrons. The maximum absolute atomic E-state index is 11.5. The summed E-state index contributed by atoms with van der Waals surface area (Å²) in [6.45, 7) is 3.54. The molecule has 0 rings (SSSR count). The summed E-state index contributed by atoms with van der Waals surface area (Å²) < 4.78 is 8.77. The third-order valence-electron chi connectivity index (χ3n) is 2.34. The molecular formula is C10H16O5. The van der Waals surface area contributed by atoms with Crippen molar-refractivity contribution in [3.63, 3.8) is 0 Å². The van der Waals surface area contributed by atoms with Crippen LogP contribution in [0.2, 0.25) is 0 Å². The Morgan fingerprint density at radius 3 is 2.00 bits per heavy atom. The Hall–Kier alpha value is -1.39. The van der Waals surface area contributed by atoms with Crippen molar-refractivity contribution in [2.24, 2.45) is 11.8 Å². The molecule has 0 radical (unpaired) electrons. The van der Waals surface area contributed by atoms with E-state index < -0.39 is 23.6 Å². The lowest BCUT2D eigenvalue weighted by atomic mass is 9.88. The topological polar surface area (TPSA) is 69.7 Å². The Balaban J connectivity index is 4.86. The maximum atomic E-state index is 11.5. The molecule has 0 fully saturated rings. The number of ketones is 1. The quantitative estimate of drug-likeness (QED) is 0.381. The summed E-state index contributed by atoms with van der Waals surface area (Å²) in [4.78, 5) is 33.8. The minimum Gasteiger partial charge on any atom is -0.468 e. The van der Waals surface area contributed by atoms with Gasteiger partial charge in [0, 0.05) is 0 Å². The standard InChI is InChI=1S/C10H16O5/c1-5-6(2)7(9(12)14-3)8(11)10(13)15-4/h6-7H,5H2,1-4H3. The first kappa shape index (κ1) is 13.6. The fraction of sp³-hybridized carbons (Fsp3) is 0.700. The van der Waals surface area contributed by atoms with Gasteiger partial charge in [-0.15, -0.1) is 0 Å². The summed E-state index contributed by atoms with van der Waals surface area (Å²) in [5, 5.41) is 0. The number of ether oxygens (including phenoxy) is 2. The van der Waals surface area contributed by atoms with Gasteiger partial charge in [0.25, 0.3) is 5.78 Å². The van der Waals surface area contributed by atoms with Gasteiger partial charge in [0.05, 0.1) is 14.2 Å². The SMILES string of the molecule is CCC(C)C(C(=O)OC)C(=O)C(=O)OC. The summed E-state index contributed by atoms with van der Waals surface area (Å²) in [5.41, 5.74) is 0. The van der Waals surface area contributed by atoms with E-state index in [0.717, 1.165) is 7.11 Å². The molecule has 0 N–H and O–H groups in total. The first-order valence-electron chi connectivity index (χ1n) is 4.69. The number of carbonyl (C=O) groups is 3. The van der Waals surface area contributed by atoms with Crippen LogP contribution in [0.25, 0.3) is 0 Å². The fourth-order valence-electron chi connectivity index (χ4n) is 1.19. The Kier molecular flexibility index (Phi) is 5.59. The number of rotatable bonds is 5. The van der Waals surface area contributed by atoms with Crippen molar-refractivity contribution in [2.45, 2.75) is 20.3 Å². The molecule has 0 saturated heterocycles. The molecule has 0 amide bonds. The normalized spacial score (nSPS) is 13.9. The van der Waals surface area contributed by atoms with Gasteiger partial charge in [-0.3, -0.25) is 9.59 Å². The summed E-state index contributed by atoms with van der Waals surface area (Å²) in [5.74, 6) is -3.86. The molecule has 0 aliphatic heterocycles. The van der Waals surface area contributed by atoms with Crippen LogP contribution in [-0.2, 0) is 23.9 Å². The van der Waals surface area contributed by atoms with Gasteiger partial charge in [0.2, 0.25) is 0 Å². The van der Waals surface area contributed by atoms with E-state index in [9.17, 15) is 14.4 Å². The zero-order valence-electron chi connectivity index (χ0n) is 9.40. The number of Topliss-reactive ketones (excluding diaryl/α,β-unsaturated/α-hetero) is 1. The highest BCUT2D eigenvalue weighted by Gasteiger charge is 2.36. The van der Waals surface area contributed by atoms with Gasteiger partial charge in [0.15, 0.2) is 0 Å². The molecule has 5 nitrogen and oxygen atoms in total. The lowest BCUT2D eigenvalue weighted by Crippen LogP contribution is -2.36. The van der Waals surface area contributed by atoms with Crippen LogP contribution in [0.4, 0.5) is 0 Å². The summed E-state index contributed by atoms with van der Waals surface area (Å²) in [6, 6.07) is 0. The molecule has 0 spiro atoms. The molecule has 0 heterocycles. The lowest BCUT2D eigenvalue weighted by Gasteiger charge is -2.17. The van der Waals surface area contributed by atoms with Crippen molar-refractivity contribution < 1.29 is 23.9 Å². The van der Waals surface area contributed by atoms with Crippen LogP contribution in [0.15, 0.2) is 0 Å². The van der Waals surface area contributed by atoms with Crippen molar-refractivity contribution in [2.75, 3.05) is 14.2 Å². The van der Waals surface area contributed by atoms with E-state index in [1.165, 1.54) is 7.11 Å². The Morgan fingerprint density at radius 2 is 1.67 bits per heavy atom. The van der Waals surface area contributed by atoms with Crippen LogP contribution in [0.3, 0.4) is 0 Å². The summed E-state index contributed by atoms with van der Waals surface area (Å²) >= 11 is 0. The first-order valence-corrected chi connectivity index (χ1v) is 4.69. The second kappa shape index (κ2) is 6.16. The van der Waals surface area contributed by atoms with Crippen LogP contribution in [-0.4, -0.2) is 31.9 Å². The summed E-state index contributed by atoms with van der Waals surface area (Å²) in [6.07, 6.45) is 0.600. The Morgan fingerprint density at radius 1 is 1.13 bits per heavy atom. The van der Waals surface area contributed by atoms with Crippen LogP contribution in [0.1, 0.15) is 20.3 Å². The minimum absolute atomic E-state index is 0.246. The van der Waals surface area contributed by atoms with Crippen molar-refractivity contribution in [1.29, 1.82) is 0 Å². The number of methoxy groups -OCH3 is 2. The molecule has 2 unspecified atom stereocenters. The highest BCUT2D eigenvalue weighted by molar-refractivity contribution is 6.37. The van der Waals surface area contributed by atoms with E-state index >= 15 is 0 Å². The Labute approximate surface area is 88.7 Å². The molecule has 0 saturated carbocycles. The monoisotopic (exact) mass is 216 g/mol. The molecule has 0 aromatic rings. The molecule has 2 atom stereocenters. The molecular weight excluding hydrogens is 200 g/mol. The average Bonchev–Trinajstić information content (AvgIpc) is 2.27. The zero-order chi connectivity index (χ0) is 12.0. The second-order valence-corrected chi connectivity index (χ2v) is 3.24. The van der Waals surface area contributed by atoms with Gasteiger partial charge in [-0.25, -0.2) is 4.79 Å². The van der Waals surface area contributed by atoms with Crippen LogP contribution in [0.5, 0.6) is 0 Å². The average molecular weight is 216 g/mol. The number of hydrogen-bond acceptors (Lipinski definition) is 5. The van der Waals surface area contributed by atoms with E-state index in [0.29, 0.717) is 6.42 Å². The van der Waals surface area contributed by atoms with Crippen LogP contribution < -0.4 is 0 Å². The van der Waals surface area contributed by atoms with Gasteiger partial charge in [-0.05, 0) is 5.92 Å². The zero-order valence-corrected chi connectivity index (χ0v) is 9.40. The minimum atomic E-state index is -1.06. The molecule has 0 bridgehead atoms. The van der Waals surface area contributed by atoms with E-state index in [-0.39, 0.29) is 5.92 Å². The van der Waals surface area contributed by atoms with Gasteiger partial charge >= 0.3 is 11.9 Å². The fourth-order valence-corrected chi connectivity index (χ4v) is 1.19. The van der Waals surface area contributed by atoms with Gasteiger partial charge in [-0.1, -0.05) is 20.3 Å². The maximum Gasteiger partial charge on any atom is 0.375 e. The van der Waals surface area contributed by atoms with Crippen molar-refractivity contribution in [3.8, 4) is 0 Å². The van der Waals surface area contributed by atoms with E-state index in [1.807, 2.05) is 6.92 Å². The third kappa shape index (κ3) is 3.34. The smallest absolute Gasteiger partial charge is 0.375 e. The van der Waals surface area contributed by atoms with Crippen LogP contribution in [0, 0.1) is 11.8 Å². The molecule has 0 aromatic carbocycles. The molecule has 15 heavy (non-hydrogen) atoms. The molecule has 0 aliphatic carbocycles. The summed E-state index contributed by atoms with van der Waals surface area (Å²) in [7, 11) is 2.29. The van der Waals surface area contributed by atoms with Crippen LogP contribution >= 0.6 is 0 Å². The lowest BCUT2D eigenvalue weighted by molar-refractivity contribution is -0.161. The predicted octanol–water partition coefficient (Wildman–Crippen LogP) is 0.564. The second-order valence-electron chi connectivity index (χ2n) is 3.24. The van der Waals surface area contributed by atoms with E-state index in [4.69, 9.17) is 0 Å². The number of esters is 2. The van der Waals surface area contributed by atoms with Crippen molar-refractivity contribution in [1.82, 2.24) is 0 Å². The van der Waals surface area contributed by atoms with Gasteiger partial charge in [0.1, 0.15) is 5.92 Å². The molecule has 0 aliphatic rings. The Bertz CT molecular complexity index is 259. The number of carbonyl (C=O) groups excluding carboxylic acids is 3. The van der Waals surface area contributed by atoms with E-state index in [2.05, 4.69) is 9.47 Å².